The summed E-state index contributed by atoms with van der Waals surface area (Å²) in [6.45, 7) is 0.944. The van der Waals surface area contributed by atoms with Crippen LogP contribution in [0.5, 0.6) is 11.5 Å². The van der Waals surface area contributed by atoms with Crippen molar-refractivity contribution >= 4 is 11.9 Å². The molecule has 0 atom stereocenters. The molecular weight excluding hydrogens is 332 g/mol. The number of nitrogens with one attached hydrogen (secondary N) is 1. The second kappa shape index (κ2) is 8.78. The highest BCUT2D eigenvalue weighted by Crippen LogP contribution is 2.38. The molecule has 0 bridgehead atoms. The third-order valence-corrected chi connectivity index (χ3v) is 4.91. The van der Waals surface area contributed by atoms with Gasteiger partial charge in [-0.3, -0.25) is 4.79 Å². The number of carbonyl (C=O) groups is 1. The first-order valence-electron chi connectivity index (χ1n) is 8.88. The molecule has 1 saturated carbocycles. The quantitative estimate of drug-likeness (QED) is 0.570. The number of carbonyl (C=O) groups excluding carboxylic acids is 1. The van der Waals surface area contributed by atoms with Crippen LogP contribution in [-0.4, -0.2) is 51.6 Å². The van der Waals surface area contributed by atoms with Crippen molar-refractivity contribution in [2.75, 3.05) is 34.9 Å². The summed E-state index contributed by atoms with van der Waals surface area (Å²) in [7, 11) is 6.81. The third kappa shape index (κ3) is 4.59. The maximum absolute atomic E-state index is 12.6. The van der Waals surface area contributed by atoms with Crippen molar-refractivity contribution in [2.45, 2.75) is 32.2 Å². The Morgan fingerprint density at radius 3 is 2.46 bits per heavy atom. The minimum absolute atomic E-state index is 0.162. The molecule has 0 unspecified atom stereocenters. The third-order valence-electron chi connectivity index (χ3n) is 4.91. The van der Waals surface area contributed by atoms with Gasteiger partial charge in [-0.05, 0) is 30.5 Å². The van der Waals surface area contributed by atoms with Crippen molar-refractivity contribution in [3.63, 3.8) is 0 Å². The monoisotopic (exact) mass is 362 g/mol. The van der Waals surface area contributed by atoms with Crippen molar-refractivity contribution < 1.29 is 14.3 Å². The summed E-state index contributed by atoms with van der Waals surface area (Å²) in [5, 5.41) is 3.15. The van der Waals surface area contributed by atoms with E-state index < -0.39 is 0 Å². The van der Waals surface area contributed by atoms with Gasteiger partial charge < -0.3 is 25.4 Å². The topological polar surface area (TPSA) is 89.2 Å². The average molecular weight is 362 g/mol. The van der Waals surface area contributed by atoms with E-state index in [9.17, 15) is 4.79 Å². The van der Waals surface area contributed by atoms with Gasteiger partial charge in [0.1, 0.15) is 0 Å². The van der Waals surface area contributed by atoms with Gasteiger partial charge in [0.2, 0.25) is 5.91 Å². The molecule has 1 aliphatic rings. The van der Waals surface area contributed by atoms with Gasteiger partial charge in [0, 0.05) is 20.6 Å². The average Bonchev–Trinajstić information content (AvgIpc) is 3.13. The number of ether oxygens (including phenoxy) is 2. The number of amides is 1. The highest BCUT2D eigenvalue weighted by atomic mass is 16.5. The predicted molar refractivity (Wildman–Crippen MR) is 102 cm³/mol. The first kappa shape index (κ1) is 19.9. The number of benzene rings is 1. The number of hydrogen-bond acceptors (Lipinski definition) is 4. The molecule has 144 valence electrons. The van der Waals surface area contributed by atoms with E-state index >= 15 is 0 Å². The van der Waals surface area contributed by atoms with Crippen LogP contribution in [0.1, 0.15) is 31.2 Å². The van der Waals surface area contributed by atoms with Crippen LogP contribution in [0.25, 0.3) is 0 Å². The van der Waals surface area contributed by atoms with Crippen LogP contribution in [0.15, 0.2) is 23.2 Å². The van der Waals surface area contributed by atoms with E-state index in [0.29, 0.717) is 30.5 Å². The lowest BCUT2D eigenvalue weighted by Crippen LogP contribution is -2.48. The summed E-state index contributed by atoms with van der Waals surface area (Å²) < 4.78 is 10.5. The van der Waals surface area contributed by atoms with E-state index in [1.165, 1.54) is 0 Å². The van der Waals surface area contributed by atoms with Crippen LogP contribution < -0.4 is 20.5 Å². The zero-order valence-electron chi connectivity index (χ0n) is 16.2. The molecule has 0 heterocycles. The second-order valence-corrected chi connectivity index (χ2v) is 6.93. The maximum atomic E-state index is 12.6. The van der Waals surface area contributed by atoms with Crippen LogP contribution in [-0.2, 0) is 11.3 Å². The van der Waals surface area contributed by atoms with Crippen LogP contribution in [0.2, 0.25) is 0 Å². The summed E-state index contributed by atoms with van der Waals surface area (Å²) in [4.78, 5) is 18.6. The summed E-state index contributed by atoms with van der Waals surface area (Å²) >= 11 is 0. The van der Waals surface area contributed by atoms with Crippen molar-refractivity contribution in [1.29, 1.82) is 0 Å². The molecule has 1 aromatic carbocycles. The lowest BCUT2D eigenvalue weighted by Gasteiger charge is -2.31. The fourth-order valence-electron chi connectivity index (χ4n) is 3.46. The Morgan fingerprint density at radius 1 is 1.23 bits per heavy atom. The number of nitrogens with zero attached hydrogens (tertiary/aromatic N) is 2. The molecule has 1 fully saturated rings. The molecule has 0 spiro atoms. The smallest absolute Gasteiger partial charge is 0.230 e. The zero-order chi connectivity index (χ0) is 19.2. The van der Waals surface area contributed by atoms with Crippen LogP contribution in [0, 0.1) is 5.41 Å². The van der Waals surface area contributed by atoms with Crippen molar-refractivity contribution in [1.82, 2.24) is 10.2 Å². The van der Waals surface area contributed by atoms with Crippen molar-refractivity contribution in [2.24, 2.45) is 16.1 Å². The minimum atomic E-state index is -0.368. The maximum Gasteiger partial charge on any atom is 0.230 e. The number of aliphatic imine (C=N–C) groups is 1. The zero-order valence-corrected chi connectivity index (χ0v) is 16.2. The van der Waals surface area contributed by atoms with E-state index in [1.807, 2.05) is 18.2 Å². The highest BCUT2D eigenvalue weighted by molar-refractivity contribution is 5.84. The SMILES string of the molecule is COc1ccc(CN=C(N)NCC2(C(=O)N(C)C)CCCC2)cc1OC. The summed E-state index contributed by atoms with van der Waals surface area (Å²) in [6.07, 6.45) is 3.92. The standard InChI is InChI=1S/C19H30N4O3/c1-23(2)17(24)19(9-5-6-10-19)13-22-18(20)21-12-14-7-8-15(25-3)16(11-14)26-4/h7-8,11H,5-6,9-10,12-13H2,1-4H3,(H3,20,21,22). The molecule has 0 aromatic heterocycles. The van der Waals surface area contributed by atoms with Gasteiger partial charge in [-0.15, -0.1) is 0 Å². The predicted octanol–water partition coefficient (Wildman–Crippen LogP) is 1.76. The number of guanidine groups is 1. The van der Waals surface area contributed by atoms with Crippen LogP contribution >= 0.6 is 0 Å². The molecule has 2 rings (SSSR count). The van der Waals surface area contributed by atoms with Gasteiger partial charge >= 0.3 is 0 Å². The molecule has 3 N–H and O–H groups in total. The molecule has 0 saturated heterocycles. The molecule has 1 amide bonds. The summed E-state index contributed by atoms with van der Waals surface area (Å²) in [5.74, 6) is 1.85. The van der Waals surface area contributed by atoms with E-state index in [2.05, 4.69) is 10.3 Å². The number of hydrogen-bond donors (Lipinski definition) is 2. The second-order valence-electron chi connectivity index (χ2n) is 6.93. The van der Waals surface area contributed by atoms with Crippen LogP contribution in [0.4, 0.5) is 0 Å². The Labute approximate surface area is 155 Å². The normalized spacial score (nSPS) is 16.2. The van der Waals surface area contributed by atoms with E-state index in [-0.39, 0.29) is 11.3 Å². The summed E-state index contributed by atoms with van der Waals surface area (Å²) in [6, 6.07) is 5.65. The molecule has 0 aliphatic heterocycles. The molecule has 7 heteroatoms. The number of rotatable bonds is 7. The Morgan fingerprint density at radius 2 is 1.88 bits per heavy atom. The highest BCUT2D eigenvalue weighted by Gasteiger charge is 2.41. The van der Waals surface area contributed by atoms with Crippen molar-refractivity contribution in [3.8, 4) is 11.5 Å². The van der Waals surface area contributed by atoms with Crippen LogP contribution in [0.3, 0.4) is 0 Å². The molecule has 1 aromatic rings. The molecular formula is C19H30N4O3. The van der Waals surface area contributed by atoms with Gasteiger partial charge in [-0.2, -0.15) is 0 Å². The fraction of sp³-hybridized carbons (Fsp3) is 0.579. The van der Waals surface area contributed by atoms with Gasteiger partial charge in [0.25, 0.3) is 0 Å². The lowest BCUT2D eigenvalue weighted by molar-refractivity contribution is -0.138. The van der Waals surface area contributed by atoms with E-state index in [1.54, 1.807) is 33.2 Å². The Balaban J connectivity index is 1.98. The fourth-order valence-corrected chi connectivity index (χ4v) is 3.46. The minimum Gasteiger partial charge on any atom is -0.493 e. The Kier molecular flexibility index (Phi) is 6.71. The molecule has 1 aliphatic carbocycles. The first-order valence-corrected chi connectivity index (χ1v) is 8.88. The number of methoxy groups -OCH3 is 2. The number of nitrogens with two attached hydrogens (primary N) is 1. The van der Waals surface area contributed by atoms with E-state index in [0.717, 1.165) is 31.2 Å². The Bertz CT molecular complexity index is 652. The van der Waals surface area contributed by atoms with Gasteiger partial charge in [-0.1, -0.05) is 18.9 Å². The van der Waals surface area contributed by atoms with Gasteiger partial charge in [0.05, 0.1) is 26.2 Å². The van der Waals surface area contributed by atoms with E-state index in [4.69, 9.17) is 15.2 Å². The van der Waals surface area contributed by atoms with Gasteiger partial charge in [0.15, 0.2) is 17.5 Å². The molecule has 7 nitrogen and oxygen atoms in total. The Hall–Kier alpha value is -2.44. The largest absolute Gasteiger partial charge is 0.493 e. The molecule has 0 radical (unpaired) electrons. The first-order chi connectivity index (χ1) is 12.4. The van der Waals surface area contributed by atoms with Gasteiger partial charge in [-0.25, -0.2) is 4.99 Å². The molecule has 26 heavy (non-hydrogen) atoms. The van der Waals surface area contributed by atoms with Crippen molar-refractivity contribution in [3.05, 3.63) is 23.8 Å². The lowest BCUT2D eigenvalue weighted by atomic mass is 9.84. The summed E-state index contributed by atoms with van der Waals surface area (Å²) in [5.41, 5.74) is 6.62.